The molecule has 0 heterocycles. The topological polar surface area (TPSA) is 0 Å². The summed E-state index contributed by atoms with van der Waals surface area (Å²) in [6, 6.07) is 42.5. The van der Waals surface area contributed by atoms with E-state index in [0.717, 1.165) is 10.2 Å². The van der Waals surface area contributed by atoms with Crippen LogP contribution in [0.5, 0.6) is 0 Å². The first-order chi connectivity index (χ1) is 12.8. The van der Waals surface area contributed by atoms with Crippen molar-refractivity contribution < 1.29 is 0 Å². The Morgan fingerprint density at radius 2 is 0.808 bits per heavy atom. The molecular weight excluding hydrogens is 344 g/mol. The first-order valence-electron chi connectivity index (χ1n) is 9.05. The summed E-state index contributed by atoms with van der Waals surface area (Å²) in [5.74, 6) is 0. The average molecular weight is 367 g/mol. The molecule has 0 N–H and O–H groups in total. The van der Waals surface area contributed by atoms with Gasteiger partial charge in [0.25, 0.3) is 0 Å². The van der Waals surface area contributed by atoms with E-state index in [4.69, 9.17) is 0 Å². The summed E-state index contributed by atoms with van der Waals surface area (Å²) >= 11 is 0. The van der Waals surface area contributed by atoms with Crippen LogP contribution in [-0.4, -0.2) is 18.3 Å². The fourth-order valence-corrected chi connectivity index (χ4v) is 9.60. The number of rotatable bonds is 4. The molecule has 26 heavy (non-hydrogen) atoms. The summed E-state index contributed by atoms with van der Waals surface area (Å²) in [5, 5.41) is 7.22. The number of benzene rings is 4. The Bertz CT molecular complexity index is 883. The van der Waals surface area contributed by atoms with Crippen molar-refractivity contribution in [1.82, 2.24) is 0 Å². The number of hydrogen-bond acceptors (Lipinski definition) is 0. The van der Waals surface area contributed by atoms with E-state index in [0.29, 0.717) is 0 Å². The lowest BCUT2D eigenvalue weighted by atomic mass is 10.3. The van der Waals surface area contributed by atoms with E-state index in [1.165, 1.54) is 25.9 Å². The van der Waals surface area contributed by atoms with Crippen molar-refractivity contribution in [3.8, 4) is 0 Å². The molecule has 0 aliphatic carbocycles. The Hall–Kier alpha value is -2.69. The fraction of sp³-hybridized carbons (Fsp3) is 0. The van der Waals surface area contributed by atoms with Crippen LogP contribution in [0.4, 0.5) is 0 Å². The van der Waals surface area contributed by atoms with Gasteiger partial charge in [0, 0.05) is 10.2 Å². The van der Waals surface area contributed by atoms with E-state index in [1.54, 1.807) is 0 Å². The molecule has 0 radical (unpaired) electrons. The van der Waals surface area contributed by atoms with E-state index in [9.17, 15) is 0 Å². The van der Waals surface area contributed by atoms with E-state index in [-0.39, 0.29) is 0 Å². The van der Waals surface area contributed by atoms with Crippen LogP contribution in [0.2, 0.25) is 0 Å². The van der Waals surface area contributed by atoms with E-state index in [1.807, 2.05) is 0 Å². The van der Waals surface area contributed by atoms with Crippen LogP contribution in [0.15, 0.2) is 115 Å². The molecular formula is C24H22Si2. The highest BCUT2D eigenvalue weighted by atomic mass is 28.3. The van der Waals surface area contributed by atoms with E-state index >= 15 is 0 Å². The van der Waals surface area contributed by atoms with Gasteiger partial charge in [-0.1, -0.05) is 120 Å². The van der Waals surface area contributed by atoms with Crippen molar-refractivity contribution in [3.63, 3.8) is 0 Å². The first kappa shape index (κ1) is 16.8. The van der Waals surface area contributed by atoms with Crippen LogP contribution in [0.3, 0.4) is 0 Å². The molecule has 4 rings (SSSR count). The maximum atomic E-state index is 2.44. The predicted octanol–water partition coefficient (Wildman–Crippen LogP) is 1.05. The molecule has 0 aliphatic heterocycles. The molecule has 0 bridgehead atoms. The third-order valence-electron chi connectivity index (χ3n) is 5.07. The smallest absolute Gasteiger partial charge is 0.0708 e. The molecule has 0 aromatic heterocycles. The van der Waals surface area contributed by atoms with Crippen molar-refractivity contribution in [3.05, 3.63) is 115 Å². The van der Waals surface area contributed by atoms with Gasteiger partial charge in [-0.15, -0.1) is 0 Å². The van der Waals surface area contributed by atoms with Crippen LogP contribution in [0.1, 0.15) is 0 Å². The first-order valence-corrected chi connectivity index (χ1v) is 12.1. The van der Waals surface area contributed by atoms with Gasteiger partial charge in [0.2, 0.25) is 0 Å². The molecule has 0 saturated carbocycles. The average Bonchev–Trinajstić information content (AvgIpc) is 2.71. The molecule has 4 aromatic rings. The van der Waals surface area contributed by atoms with Crippen LogP contribution in [0, 0.1) is 0 Å². The minimum absolute atomic E-state index is 1.07. The second-order valence-electron chi connectivity index (χ2n) is 6.72. The fourth-order valence-electron chi connectivity index (χ4n) is 3.94. The Morgan fingerprint density at radius 1 is 0.423 bits per heavy atom. The minimum atomic E-state index is -2.31. The van der Waals surface area contributed by atoms with Crippen LogP contribution in [0.25, 0.3) is 0 Å². The molecule has 0 amide bonds. The van der Waals surface area contributed by atoms with Crippen LogP contribution < -0.4 is 25.9 Å². The van der Waals surface area contributed by atoms with Gasteiger partial charge in [-0.25, -0.2) is 0 Å². The largest absolute Gasteiger partial charge is 0.179 e. The molecule has 0 spiro atoms. The molecule has 0 nitrogen and oxygen atoms in total. The summed E-state index contributed by atoms with van der Waals surface area (Å²) < 4.78 is 0. The molecule has 4 aromatic carbocycles. The third-order valence-corrected chi connectivity index (χ3v) is 10.5. The number of hydrogen-bond donors (Lipinski definition) is 0. The zero-order chi connectivity index (χ0) is 17.8. The highest BCUT2D eigenvalue weighted by Crippen LogP contribution is 2.08. The highest BCUT2D eigenvalue weighted by molar-refractivity contribution is 7.19. The van der Waals surface area contributed by atoms with Crippen molar-refractivity contribution in [2.24, 2.45) is 0 Å². The summed E-state index contributed by atoms with van der Waals surface area (Å²) in [5.41, 5.74) is 0. The highest BCUT2D eigenvalue weighted by Gasteiger charge is 2.41. The second-order valence-corrected chi connectivity index (χ2v) is 11.7. The van der Waals surface area contributed by atoms with Crippen LogP contribution >= 0.6 is 0 Å². The zero-order valence-electron chi connectivity index (χ0n) is 15.0. The molecule has 2 heteroatoms. The Kier molecular flexibility index (Phi) is 4.69. The second kappa shape index (κ2) is 7.28. The van der Waals surface area contributed by atoms with Crippen LogP contribution in [-0.2, 0) is 0 Å². The summed E-state index contributed by atoms with van der Waals surface area (Å²) in [6.07, 6.45) is 0. The van der Waals surface area contributed by atoms with Gasteiger partial charge >= 0.3 is 0 Å². The van der Waals surface area contributed by atoms with E-state index < -0.39 is 8.07 Å². The Morgan fingerprint density at radius 3 is 1.19 bits per heavy atom. The van der Waals surface area contributed by atoms with Gasteiger partial charge in [-0.05, 0) is 20.7 Å². The predicted molar refractivity (Wildman–Crippen MR) is 120 cm³/mol. The molecule has 0 saturated heterocycles. The minimum Gasteiger partial charge on any atom is -0.0708 e. The van der Waals surface area contributed by atoms with Gasteiger partial charge < -0.3 is 0 Å². The lowest BCUT2D eigenvalue weighted by molar-refractivity contribution is 1.67. The summed E-state index contributed by atoms with van der Waals surface area (Å²) in [7, 11) is -1.24. The molecule has 0 aliphatic rings. The van der Waals surface area contributed by atoms with Gasteiger partial charge in [0.05, 0.1) is 0 Å². The third kappa shape index (κ3) is 2.87. The maximum absolute atomic E-state index is 2.44. The SMILES string of the molecule is [SiH3]c1cccc([Si](c2ccccc2)(c2ccccc2)c2ccccc2)c1. The van der Waals surface area contributed by atoms with Gasteiger partial charge in [-0.2, -0.15) is 0 Å². The monoisotopic (exact) mass is 366 g/mol. The van der Waals surface area contributed by atoms with Crippen molar-refractivity contribution >= 4 is 44.2 Å². The molecule has 0 atom stereocenters. The molecule has 0 unspecified atom stereocenters. The van der Waals surface area contributed by atoms with Gasteiger partial charge in [-0.3, -0.25) is 0 Å². The lowest BCUT2D eigenvalue weighted by Gasteiger charge is -2.34. The standard InChI is InChI=1S/C24H22Si2/c25-20-11-10-18-24(19-20)26(21-12-4-1-5-13-21,22-14-6-2-7-15-22)23-16-8-3-9-17-23/h1-19H,25H3. The van der Waals surface area contributed by atoms with E-state index in [2.05, 4.69) is 115 Å². The van der Waals surface area contributed by atoms with Crippen molar-refractivity contribution in [1.29, 1.82) is 0 Å². The van der Waals surface area contributed by atoms with Gasteiger partial charge in [0.1, 0.15) is 0 Å². The van der Waals surface area contributed by atoms with Crippen molar-refractivity contribution in [2.75, 3.05) is 0 Å². The van der Waals surface area contributed by atoms with Gasteiger partial charge in [0.15, 0.2) is 8.07 Å². The summed E-state index contributed by atoms with van der Waals surface area (Å²) in [4.78, 5) is 0. The lowest BCUT2D eigenvalue weighted by Crippen LogP contribution is -2.75. The Balaban J connectivity index is 2.14. The quantitative estimate of drug-likeness (QED) is 0.374. The maximum Gasteiger partial charge on any atom is 0.179 e. The molecule has 0 fully saturated rings. The Labute approximate surface area is 159 Å². The summed E-state index contributed by atoms with van der Waals surface area (Å²) in [6.45, 7) is 0. The molecule has 126 valence electrons. The normalized spacial score (nSPS) is 11.4. The zero-order valence-corrected chi connectivity index (χ0v) is 18.0. The van der Waals surface area contributed by atoms with Crippen molar-refractivity contribution in [2.45, 2.75) is 0 Å².